The number of likely N-dealkylation sites (tertiary alicyclic amines) is 1. The lowest BCUT2D eigenvalue weighted by atomic mass is 10.0. The highest BCUT2D eigenvalue weighted by molar-refractivity contribution is 6.30. The van der Waals surface area contributed by atoms with Crippen LogP contribution in [0.15, 0.2) is 53.3 Å². The number of ketones is 1. The highest BCUT2D eigenvalue weighted by Crippen LogP contribution is 2.21. The first-order valence-electron chi connectivity index (χ1n) is 10.5. The predicted molar refractivity (Wildman–Crippen MR) is 120 cm³/mol. The lowest BCUT2D eigenvalue weighted by molar-refractivity contribution is -0.117. The minimum absolute atomic E-state index is 0.0520. The molecule has 156 valence electrons. The first-order valence-corrected chi connectivity index (χ1v) is 10.9. The first-order chi connectivity index (χ1) is 14.5. The number of nitrogens with zero attached hydrogens (tertiary/aromatic N) is 3. The highest BCUT2D eigenvalue weighted by atomic mass is 35.5. The number of aromatic nitrogens is 2. The van der Waals surface area contributed by atoms with Gasteiger partial charge in [0.15, 0.2) is 0 Å². The molecule has 0 radical (unpaired) electrons. The molecule has 2 heterocycles. The molecule has 3 aromatic rings. The van der Waals surface area contributed by atoms with E-state index in [-0.39, 0.29) is 17.4 Å². The second-order valence-electron chi connectivity index (χ2n) is 8.07. The molecule has 30 heavy (non-hydrogen) atoms. The van der Waals surface area contributed by atoms with Crippen LogP contribution in [-0.4, -0.2) is 39.6 Å². The average molecular weight is 424 g/mol. The van der Waals surface area contributed by atoms with Crippen LogP contribution in [0.5, 0.6) is 0 Å². The molecule has 2 aromatic carbocycles. The summed E-state index contributed by atoms with van der Waals surface area (Å²) in [6, 6.07) is 15.7. The fraction of sp³-hybridized carbons (Fsp3) is 0.375. The molecule has 1 aliphatic rings. The normalized spacial score (nSPS) is 16.9. The molecule has 1 atom stereocenters. The van der Waals surface area contributed by atoms with Gasteiger partial charge >= 0.3 is 0 Å². The predicted octanol–water partition coefficient (Wildman–Crippen LogP) is 4.08. The summed E-state index contributed by atoms with van der Waals surface area (Å²) in [4.78, 5) is 26.9. The lowest BCUT2D eigenvalue weighted by Crippen LogP contribution is -2.38. The maximum atomic E-state index is 13.1. The molecule has 0 spiro atoms. The van der Waals surface area contributed by atoms with Crippen molar-refractivity contribution >= 4 is 28.2 Å². The summed E-state index contributed by atoms with van der Waals surface area (Å²) in [5.74, 6) is 0.201. The van der Waals surface area contributed by atoms with Crippen molar-refractivity contribution in [1.82, 2.24) is 14.7 Å². The Kier molecular flexibility index (Phi) is 6.30. The van der Waals surface area contributed by atoms with E-state index in [4.69, 9.17) is 16.7 Å². The third-order valence-electron chi connectivity index (χ3n) is 5.86. The number of fused-ring (bicyclic) bond motifs is 1. The summed E-state index contributed by atoms with van der Waals surface area (Å²) in [5, 5.41) is 7.09. The second-order valence-corrected chi connectivity index (χ2v) is 8.50. The molecule has 1 aromatic heterocycles. The topological polar surface area (TPSA) is 55.2 Å². The summed E-state index contributed by atoms with van der Waals surface area (Å²) in [7, 11) is 0. The number of rotatable bonds is 7. The zero-order valence-electron chi connectivity index (χ0n) is 17.2. The Bertz CT molecular complexity index is 1110. The van der Waals surface area contributed by atoms with Gasteiger partial charge < -0.3 is 0 Å². The zero-order chi connectivity index (χ0) is 21.1. The molecular formula is C24H26ClN3O2. The minimum atomic E-state index is -0.0520. The van der Waals surface area contributed by atoms with E-state index in [1.54, 1.807) is 11.6 Å². The number of hydrogen-bond donors (Lipinski definition) is 0. The maximum Gasteiger partial charge on any atom is 0.274 e. The van der Waals surface area contributed by atoms with Crippen LogP contribution in [-0.2, 0) is 17.8 Å². The standard InChI is InChI=1S/C24H26ClN3O2/c1-17(29)12-14-27-13-4-5-20(27)16-28-24(30)22-7-3-2-6-21(22)23(26-28)15-18-8-10-19(25)11-9-18/h2-3,6-11,20H,4-5,12-16H2,1H3/t20-/m1/s1. The number of carbonyl (C=O) groups excluding carboxylic acids is 1. The molecule has 1 aliphatic heterocycles. The van der Waals surface area contributed by atoms with E-state index in [1.165, 1.54) is 0 Å². The smallest absolute Gasteiger partial charge is 0.274 e. The van der Waals surface area contributed by atoms with Gasteiger partial charge in [-0.25, -0.2) is 4.68 Å². The molecule has 0 N–H and O–H groups in total. The molecule has 1 fully saturated rings. The van der Waals surface area contributed by atoms with Crippen LogP contribution >= 0.6 is 11.6 Å². The SMILES string of the molecule is CC(=O)CCN1CCC[C@@H]1Cn1nc(Cc2ccc(Cl)cc2)c2ccccc2c1=O. The van der Waals surface area contributed by atoms with Crippen molar-refractivity contribution in [3.05, 3.63) is 75.2 Å². The van der Waals surface area contributed by atoms with Gasteiger partial charge in [0, 0.05) is 35.8 Å². The van der Waals surface area contributed by atoms with Gasteiger partial charge in [-0.1, -0.05) is 41.9 Å². The third kappa shape index (κ3) is 4.63. The summed E-state index contributed by atoms with van der Waals surface area (Å²) in [5.41, 5.74) is 1.94. The van der Waals surface area contributed by atoms with E-state index >= 15 is 0 Å². The van der Waals surface area contributed by atoms with Gasteiger partial charge in [-0.3, -0.25) is 14.5 Å². The number of halogens is 1. The van der Waals surface area contributed by atoms with Crippen molar-refractivity contribution in [3.8, 4) is 0 Å². The average Bonchev–Trinajstić information content (AvgIpc) is 3.18. The Hall–Kier alpha value is -2.50. The maximum absolute atomic E-state index is 13.1. The van der Waals surface area contributed by atoms with Gasteiger partial charge in [0.1, 0.15) is 5.78 Å². The van der Waals surface area contributed by atoms with Crippen LogP contribution in [0, 0.1) is 0 Å². The van der Waals surface area contributed by atoms with Gasteiger partial charge in [-0.2, -0.15) is 5.10 Å². The van der Waals surface area contributed by atoms with Gasteiger partial charge in [-0.15, -0.1) is 0 Å². The van der Waals surface area contributed by atoms with E-state index in [1.807, 2.05) is 48.5 Å². The van der Waals surface area contributed by atoms with E-state index in [9.17, 15) is 9.59 Å². The Morgan fingerprint density at radius 3 is 2.60 bits per heavy atom. The van der Waals surface area contributed by atoms with E-state index in [2.05, 4.69) is 4.90 Å². The van der Waals surface area contributed by atoms with Gasteiger partial charge in [0.25, 0.3) is 5.56 Å². The fourth-order valence-corrected chi connectivity index (χ4v) is 4.38. The van der Waals surface area contributed by atoms with Crippen molar-refractivity contribution in [2.24, 2.45) is 0 Å². The highest BCUT2D eigenvalue weighted by Gasteiger charge is 2.26. The molecule has 0 amide bonds. The molecule has 0 bridgehead atoms. The first kappa shape index (κ1) is 20.8. The number of Topliss-reactive ketones (excluding diaryl/α,β-unsaturated/α-hetero) is 1. The van der Waals surface area contributed by atoms with Crippen molar-refractivity contribution in [2.45, 2.75) is 45.2 Å². The monoisotopic (exact) mass is 423 g/mol. The van der Waals surface area contributed by atoms with Gasteiger partial charge in [-0.05, 0) is 50.1 Å². The molecule has 1 saturated heterocycles. The molecule has 4 rings (SSSR count). The summed E-state index contributed by atoms with van der Waals surface area (Å²) < 4.78 is 1.63. The third-order valence-corrected chi connectivity index (χ3v) is 6.11. The number of hydrogen-bond acceptors (Lipinski definition) is 4. The lowest BCUT2D eigenvalue weighted by Gasteiger charge is -2.24. The van der Waals surface area contributed by atoms with Crippen LogP contribution in [0.25, 0.3) is 10.8 Å². The molecule has 0 unspecified atom stereocenters. The largest absolute Gasteiger partial charge is 0.300 e. The molecular weight excluding hydrogens is 398 g/mol. The zero-order valence-corrected chi connectivity index (χ0v) is 17.9. The van der Waals surface area contributed by atoms with Gasteiger partial charge in [0.2, 0.25) is 0 Å². The summed E-state index contributed by atoms with van der Waals surface area (Å²) >= 11 is 6.02. The van der Waals surface area contributed by atoms with Gasteiger partial charge in [0.05, 0.1) is 17.6 Å². The Morgan fingerprint density at radius 1 is 1.13 bits per heavy atom. The van der Waals surface area contributed by atoms with E-state index in [0.717, 1.165) is 42.6 Å². The Morgan fingerprint density at radius 2 is 1.87 bits per heavy atom. The van der Waals surface area contributed by atoms with E-state index in [0.29, 0.717) is 29.8 Å². The van der Waals surface area contributed by atoms with E-state index < -0.39 is 0 Å². The van der Waals surface area contributed by atoms with Crippen molar-refractivity contribution in [2.75, 3.05) is 13.1 Å². The van der Waals surface area contributed by atoms with Crippen molar-refractivity contribution in [3.63, 3.8) is 0 Å². The number of carbonyl (C=O) groups is 1. The van der Waals surface area contributed by atoms with Crippen molar-refractivity contribution in [1.29, 1.82) is 0 Å². The Balaban J connectivity index is 1.66. The van der Waals surface area contributed by atoms with Crippen LogP contribution in [0.2, 0.25) is 5.02 Å². The Labute approximate surface area is 181 Å². The quantitative estimate of drug-likeness (QED) is 0.574. The molecule has 5 nitrogen and oxygen atoms in total. The van der Waals surface area contributed by atoms with Crippen LogP contribution in [0.1, 0.15) is 37.4 Å². The molecule has 0 aliphatic carbocycles. The van der Waals surface area contributed by atoms with Crippen LogP contribution in [0.4, 0.5) is 0 Å². The van der Waals surface area contributed by atoms with Crippen LogP contribution in [0.3, 0.4) is 0 Å². The fourth-order valence-electron chi connectivity index (χ4n) is 4.25. The van der Waals surface area contributed by atoms with Crippen LogP contribution < -0.4 is 5.56 Å². The minimum Gasteiger partial charge on any atom is -0.300 e. The second kappa shape index (κ2) is 9.11. The molecule has 0 saturated carbocycles. The number of benzene rings is 2. The summed E-state index contributed by atoms with van der Waals surface area (Å²) in [6.45, 7) is 3.90. The summed E-state index contributed by atoms with van der Waals surface area (Å²) in [6.07, 6.45) is 3.29. The molecule has 6 heteroatoms. The van der Waals surface area contributed by atoms with Crippen molar-refractivity contribution < 1.29 is 4.79 Å².